The van der Waals surface area contributed by atoms with Gasteiger partial charge in [0.1, 0.15) is 24.4 Å². The number of allylic oxidation sites excluding steroid dienone is 9. The summed E-state index contributed by atoms with van der Waals surface area (Å²) >= 11 is 0. The van der Waals surface area contributed by atoms with Crippen molar-refractivity contribution < 1.29 is 49.3 Å². The molecule has 1 aliphatic heterocycles. The molecule has 1 saturated heterocycles. The predicted molar refractivity (Wildman–Crippen MR) is 366 cm³/mol. The van der Waals surface area contributed by atoms with Crippen LogP contribution in [0.3, 0.4) is 0 Å². The zero-order valence-corrected chi connectivity index (χ0v) is 56.6. The summed E-state index contributed by atoms with van der Waals surface area (Å²) in [4.78, 5) is 26.7. The Bertz CT molecular complexity index is 1650. The lowest BCUT2D eigenvalue weighted by Gasteiger charge is -2.41. The van der Waals surface area contributed by atoms with Gasteiger partial charge in [0.15, 0.2) is 12.4 Å². The van der Waals surface area contributed by atoms with Gasteiger partial charge in [-0.1, -0.05) is 313 Å². The Balaban J connectivity index is 2.53. The highest BCUT2D eigenvalue weighted by atomic mass is 16.7. The van der Waals surface area contributed by atoms with Crippen LogP contribution < -0.4 is 5.32 Å². The van der Waals surface area contributed by atoms with Crippen LogP contribution in [0.25, 0.3) is 0 Å². The van der Waals surface area contributed by atoms with Crippen LogP contribution in [0.4, 0.5) is 0 Å². The molecular weight excluding hydrogens is 1090 g/mol. The average molecular weight is 1230 g/mol. The van der Waals surface area contributed by atoms with E-state index in [2.05, 4.69) is 74.7 Å². The van der Waals surface area contributed by atoms with Gasteiger partial charge in [-0.25, -0.2) is 0 Å². The highest BCUT2D eigenvalue weighted by molar-refractivity contribution is 5.80. The molecule has 87 heavy (non-hydrogen) atoms. The fourth-order valence-corrected chi connectivity index (χ4v) is 11.5. The van der Waals surface area contributed by atoms with Crippen molar-refractivity contribution in [2.45, 2.75) is 397 Å². The second kappa shape index (κ2) is 63.5. The van der Waals surface area contributed by atoms with E-state index in [0.717, 1.165) is 77.0 Å². The van der Waals surface area contributed by atoms with Gasteiger partial charge in [0.05, 0.1) is 25.4 Å². The molecule has 1 heterocycles. The number of ether oxygens (including phenoxy) is 3. The lowest BCUT2D eigenvalue weighted by molar-refractivity contribution is -0.305. The third-order valence-corrected chi connectivity index (χ3v) is 17.4. The van der Waals surface area contributed by atoms with Crippen LogP contribution in [0.5, 0.6) is 0 Å². The first-order valence-electron chi connectivity index (χ1n) is 37.1. The molecule has 8 atom stereocenters. The topological polar surface area (TPSA) is 175 Å². The number of unbranched alkanes of at least 4 members (excludes halogenated alkanes) is 42. The summed E-state index contributed by atoms with van der Waals surface area (Å²) in [7, 11) is 0. The molecule has 11 nitrogen and oxygen atoms in total. The molecule has 0 aliphatic carbocycles. The first kappa shape index (κ1) is 82.4. The van der Waals surface area contributed by atoms with Crippen LogP contribution >= 0.6 is 0 Å². The zero-order chi connectivity index (χ0) is 63.1. The minimum atomic E-state index is -1.61. The molecule has 0 aromatic heterocycles. The van der Waals surface area contributed by atoms with Crippen molar-refractivity contribution in [1.82, 2.24) is 5.32 Å². The van der Waals surface area contributed by atoms with E-state index >= 15 is 0 Å². The maximum atomic E-state index is 13.5. The molecule has 8 unspecified atom stereocenters. The van der Waals surface area contributed by atoms with Crippen molar-refractivity contribution >= 4 is 11.9 Å². The number of aliphatic hydroxyl groups excluding tert-OH is 5. The third-order valence-electron chi connectivity index (χ3n) is 17.4. The van der Waals surface area contributed by atoms with Crippen LogP contribution in [0, 0.1) is 0 Å². The quantitative estimate of drug-likeness (QED) is 0.0195. The molecule has 1 fully saturated rings. The van der Waals surface area contributed by atoms with Gasteiger partial charge in [0, 0.05) is 6.42 Å². The minimum absolute atomic E-state index is 0.125. The van der Waals surface area contributed by atoms with Gasteiger partial charge in [-0.15, -0.1) is 0 Å². The van der Waals surface area contributed by atoms with Crippen LogP contribution in [0.2, 0.25) is 0 Å². The van der Waals surface area contributed by atoms with Gasteiger partial charge in [0.2, 0.25) is 5.91 Å². The minimum Gasteiger partial charge on any atom is -0.454 e. The number of carbonyl (C=O) groups is 2. The molecule has 1 amide bonds. The molecule has 1 rings (SSSR count). The Morgan fingerprint density at radius 1 is 0.448 bits per heavy atom. The lowest BCUT2D eigenvalue weighted by atomic mass is 9.99. The Morgan fingerprint density at radius 3 is 1.22 bits per heavy atom. The van der Waals surface area contributed by atoms with E-state index in [9.17, 15) is 35.1 Å². The fourth-order valence-electron chi connectivity index (χ4n) is 11.5. The number of rotatable bonds is 64. The second-order valence-electron chi connectivity index (χ2n) is 25.7. The summed E-state index contributed by atoms with van der Waals surface area (Å²) in [6.07, 6.45) is 71.2. The third kappa shape index (κ3) is 50.7. The average Bonchev–Trinajstić information content (AvgIpc) is 1.30. The van der Waals surface area contributed by atoms with E-state index in [1.54, 1.807) is 6.08 Å². The van der Waals surface area contributed by atoms with Gasteiger partial charge in [0.25, 0.3) is 0 Å². The Kier molecular flexibility index (Phi) is 60.1. The van der Waals surface area contributed by atoms with E-state index in [1.807, 2.05) is 6.08 Å². The molecule has 1 aliphatic rings. The summed E-state index contributed by atoms with van der Waals surface area (Å²) in [5, 5.41) is 57.3. The highest BCUT2D eigenvalue weighted by Gasteiger charge is 2.47. The van der Waals surface area contributed by atoms with Crippen LogP contribution in [-0.4, -0.2) is 99.6 Å². The number of hydrogen-bond donors (Lipinski definition) is 6. The van der Waals surface area contributed by atoms with Crippen LogP contribution in [0.15, 0.2) is 60.8 Å². The summed E-state index contributed by atoms with van der Waals surface area (Å²) in [6.45, 7) is 5.80. The van der Waals surface area contributed by atoms with Gasteiger partial charge in [-0.2, -0.15) is 0 Å². The number of amides is 1. The molecule has 0 radical (unpaired) electrons. The van der Waals surface area contributed by atoms with Gasteiger partial charge >= 0.3 is 5.97 Å². The van der Waals surface area contributed by atoms with Gasteiger partial charge in [-0.05, 0) is 89.9 Å². The second-order valence-corrected chi connectivity index (χ2v) is 25.7. The van der Waals surface area contributed by atoms with E-state index in [0.29, 0.717) is 12.8 Å². The molecule has 0 aromatic carbocycles. The molecule has 0 bridgehead atoms. The van der Waals surface area contributed by atoms with E-state index in [4.69, 9.17) is 14.2 Å². The van der Waals surface area contributed by atoms with Crippen molar-refractivity contribution in [2.24, 2.45) is 0 Å². The largest absolute Gasteiger partial charge is 0.454 e. The molecular formula is C76H139NO10. The summed E-state index contributed by atoms with van der Waals surface area (Å²) in [5.41, 5.74) is 0. The van der Waals surface area contributed by atoms with Crippen molar-refractivity contribution in [2.75, 3.05) is 13.2 Å². The number of hydrogen-bond acceptors (Lipinski definition) is 10. The molecule has 508 valence electrons. The fraction of sp³-hybridized carbons (Fsp3) is 0.842. The Morgan fingerprint density at radius 2 is 0.793 bits per heavy atom. The summed E-state index contributed by atoms with van der Waals surface area (Å²) in [5.74, 6) is -1.19. The van der Waals surface area contributed by atoms with E-state index in [-0.39, 0.29) is 19.4 Å². The first-order chi connectivity index (χ1) is 42.7. The Hall–Kier alpha value is -2.64. The van der Waals surface area contributed by atoms with Crippen molar-refractivity contribution in [1.29, 1.82) is 0 Å². The first-order valence-corrected chi connectivity index (χ1v) is 37.1. The molecule has 6 N–H and O–H groups in total. The smallest absolute Gasteiger partial charge is 0.306 e. The maximum Gasteiger partial charge on any atom is 0.306 e. The molecule has 0 aromatic rings. The van der Waals surface area contributed by atoms with Crippen molar-refractivity contribution in [3.63, 3.8) is 0 Å². The number of aliphatic hydroxyl groups is 5. The number of esters is 1. The van der Waals surface area contributed by atoms with Gasteiger partial charge in [-0.3, -0.25) is 9.59 Å². The summed E-state index contributed by atoms with van der Waals surface area (Å²) < 4.78 is 17.7. The molecule has 0 saturated carbocycles. The van der Waals surface area contributed by atoms with Crippen LogP contribution in [-0.2, 0) is 23.8 Å². The van der Waals surface area contributed by atoms with E-state index in [1.165, 1.54) is 225 Å². The SMILES string of the molecule is CCCCC/C=C\C/C=C\C/C=C\CCCCCCCCCCCCCC(O)C(=O)NC(COC1OC(CO)C(O)C(O)C1OC(=O)CCCCCCCCCCCCCCC/C=C/CCCCCCCC)C(O)/C=C/CCCCCCCCCCC. The normalized spacial score (nSPS) is 18.6. The predicted octanol–water partition coefficient (Wildman–Crippen LogP) is 19.3. The summed E-state index contributed by atoms with van der Waals surface area (Å²) in [6, 6.07) is -1.03. The maximum absolute atomic E-state index is 13.5. The Labute approximate surface area is 535 Å². The zero-order valence-electron chi connectivity index (χ0n) is 56.6. The van der Waals surface area contributed by atoms with E-state index < -0.39 is 67.4 Å². The number of carbonyl (C=O) groups excluding carboxylic acids is 2. The van der Waals surface area contributed by atoms with Crippen molar-refractivity contribution in [3.05, 3.63) is 60.8 Å². The van der Waals surface area contributed by atoms with Crippen LogP contribution in [0.1, 0.15) is 348 Å². The standard InChI is InChI=1S/C76H139NO10/c1-4-7-10-13-16-19-22-24-26-28-30-32-34-36-37-39-41-43-45-48-51-54-57-60-63-69(80)75(84)77-67(68(79)62-59-56-53-50-47-21-18-15-12-9-6-3)66-85-76-74(73(83)72(82)70(65-78)86-76)87-71(81)64-61-58-55-52-49-46-44-42-40-38-35-33-31-29-27-25-23-20-17-14-11-8-5-2/h16,19,24-27,30,32,59,62,67-70,72-74,76,78-80,82-83H,4-15,17-18,20-23,28-29,31,33-58,60-61,63-66H2,1-3H3,(H,77,84)/b19-16-,26-24-,27-25+,32-30-,62-59+. The van der Waals surface area contributed by atoms with Gasteiger partial charge < -0.3 is 45.1 Å². The lowest BCUT2D eigenvalue weighted by Crippen LogP contribution is -2.61. The molecule has 0 spiro atoms. The monoisotopic (exact) mass is 1230 g/mol. The highest BCUT2D eigenvalue weighted by Crippen LogP contribution is 2.26. The molecule has 11 heteroatoms. The number of nitrogens with one attached hydrogen (secondary N) is 1. The van der Waals surface area contributed by atoms with Crippen molar-refractivity contribution in [3.8, 4) is 0 Å².